The molecule has 5 heteroatoms. The van der Waals surface area contributed by atoms with Crippen molar-refractivity contribution in [3.05, 3.63) is 34.4 Å². The molecule has 0 spiro atoms. The van der Waals surface area contributed by atoms with Crippen molar-refractivity contribution in [1.29, 1.82) is 0 Å². The molecule has 0 amide bonds. The highest BCUT2D eigenvalue weighted by molar-refractivity contribution is 7.98. The number of hydrogen-bond donors (Lipinski definition) is 0. The number of benzene rings is 1. The van der Waals surface area contributed by atoms with Gasteiger partial charge in [-0.2, -0.15) is 0 Å². The molecule has 0 fully saturated rings. The van der Waals surface area contributed by atoms with Crippen molar-refractivity contribution in [2.24, 2.45) is 0 Å². The van der Waals surface area contributed by atoms with E-state index in [0.29, 0.717) is 0 Å². The highest BCUT2D eigenvalue weighted by Crippen LogP contribution is 2.27. The van der Waals surface area contributed by atoms with Gasteiger partial charge in [0.05, 0.1) is 5.54 Å². The smallest absolute Gasteiger partial charge is 0.210 e. The Hall–Kier alpha value is -1.36. The minimum Gasteiger partial charge on any atom is -0.215 e. The van der Waals surface area contributed by atoms with Crippen LogP contribution in [-0.2, 0) is 11.3 Å². The molecule has 0 bridgehead atoms. The molecular formula is C15H22N4S. The van der Waals surface area contributed by atoms with Gasteiger partial charge < -0.3 is 0 Å². The first-order valence-corrected chi connectivity index (χ1v) is 7.76. The van der Waals surface area contributed by atoms with E-state index in [9.17, 15) is 0 Å². The Labute approximate surface area is 125 Å². The molecule has 0 saturated heterocycles. The van der Waals surface area contributed by atoms with E-state index in [0.717, 1.165) is 10.9 Å². The molecule has 0 radical (unpaired) electrons. The van der Waals surface area contributed by atoms with Crippen LogP contribution in [0.5, 0.6) is 0 Å². The largest absolute Gasteiger partial charge is 0.215 e. The maximum atomic E-state index is 4.14. The summed E-state index contributed by atoms with van der Waals surface area (Å²) >= 11 is 1.69. The van der Waals surface area contributed by atoms with Gasteiger partial charge in [-0.1, -0.05) is 29.5 Å². The first-order valence-electron chi connectivity index (χ1n) is 6.77. The summed E-state index contributed by atoms with van der Waals surface area (Å²) in [5.41, 5.74) is 5.27. The fourth-order valence-electron chi connectivity index (χ4n) is 2.26. The summed E-state index contributed by atoms with van der Waals surface area (Å²) in [4.78, 5) is 0. The van der Waals surface area contributed by atoms with E-state index in [2.05, 4.69) is 69.2 Å². The minimum atomic E-state index is -0.0940. The summed E-state index contributed by atoms with van der Waals surface area (Å²) in [5.74, 6) is 0.897. The quantitative estimate of drug-likeness (QED) is 0.809. The van der Waals surface area contributed by atoms with E-state index in [1.165, 1.54) is 22.3 Å². The second-order valence-corrected chi connectivity index (χ2v) is 7.15. The molecule has 1 heterocycles. The number of rotatable bonds is 3. The molecule has 20 heavy (non-hydrogen) atoms. The molecule has 0 aliphatic heterocycles. The van der Waals surface area contributed by atoms with Crippen LogP contribution < -0.4 is 0 Å². The lowest BCUT2D eigenvalue weighted by Crippen LogP contribution is -2.24. The SMILES string of the molecule is Cc1cc(C)c(CSc2nnnn2C(C)(C)C)c(C)c1. The number of tetrazole rings is 1. The highest BCUT2D eigenvalue weighted by atomic mass is 32.2. The van der Waals surface area contributed by atoms with Gasteiger partial charge in [-0.25, -0.2) is 4.68 Å². The Morgan fingerprint density at radius 2 is 1.70 bits per heavy atom. The van der Waals surface area contributed by atoms with Gasteiger partial charge in [0.15, 0.2) is 0 Å². The van der Waals surface area contributed by atoms with Gasteiger partial charge in [0, 0.05) is 5.75 Å². The monoisotopic (exact) mass is 290 g/mol. The van der Waals surface area contributed by atoms with E-state index in [4.69, 9.17) is 0 Å². The van der Waals surface area contributed by atoms with E-state index >= 15 is 0 Å². The van der Waals surface area contributed by atoms with Crippen LogP contribution >= 0.6 is 11.8 Å². The van der Waals surface area contributed by atoms with Gasteiger partial charge in [-0.05, 0) is 68.7 Å². The third kappa shape index (κ3) is 3.20. The lowest BCUT2D eigenvalue weighted by atomic mass is 10.0. The van der Waals surface area contributed by atoms with Crippen LogP contribution in [0.1, 0.15) is 43.0 Å². The van der Waals surface area contributed by atoms with Crippen molar-refractivity contribution in [2.45, 2.75) is 58.0 Å². The Balaban J connectivity index is 2.20. The van der Waals surface area contributed by atoms with Crippen LogP contribution in [0.25, 0.3) is 0 Å². The van der Waals surface area contributed by atoms with Gasteiger partial charge in [0.2, 0.25) is 5.16 Å². The van der Waals surface area contributed by atoms with Crippen molar-refractivity contribution in [1.82, 2.24) is 20.2 Å². The zero-order valence-electron chi connectivity index (χ0n) is 13.1. The third-order valence-electron chi connectivity index (χ3n) is 3.26. The molecule has 0 saturated carbocycles. The average molecular weight is 290 g/mol. The molecule has 0 aliphatic rings. The number of aryl methyl sites for hydroxylation is 3. The first kappa shape index (κ1) is 15.0. The highest BCUT2D eigenvalue weighted by Gasteiger charge is 2.20. The van der Waals surface area contributed by atoms with E-state index < -0.39 is 0 Å². The molecule has 108 valence electrons. The van der Waals surface area contributed by atoms with E-state index in [-0.39, 0.29) is 5.54 Å². The van der Waals surface area contributed by atoms with Crippen LogP contribution in [0.3, 0.4) is 0 Å². The van der Waals surface area contributed by atoms with Crippen LogP contribution in [0.15, 0.2) is 17.3 Å². The molecule has 1 aromatic heterocycles. The summed E-state index contributed by atoms with van der Waals surface area (Å²) < 4.78 is 1.89. The van der Waals surface area contributed by atoms with Crippen molar-refractivity contribution in [3.63, 3.8) is 0 Å². The molecule has 0 atom stereocenters. The van der Waals surface area contributed by atoms with Crippen LogP contribution in [0.2, 0.25) is 0 Å². The van der Waals surface area contributed by atoms with E-state index in [1.54, 1.807) is 11.8 Å². The fraction of sp³-hybridized carbons (Fsp3) is 0.533. The maximum Gasteiger partial charge on any atom is 0.210 e. The summed E-state index contributed by atoms with van der Waals surface area (Å²) in [6, 6.07) is 4.46. The number of hydrogen-bond acceptors (Lipinski definition) is 4. The third-order valence-corrected chi connectivity index (χ3v) is 4.21. The summed E-state index contributed by atoms with van der Waals surface area (Å²) in [7, 11) is 0. The molecule has 4 nitrogen and oxygen atoms in total. The first-order chi connectivity index (χ1) is 9.29. The molecule has 0 unspecified atom stereocenters. The minimum absolute atomic E-state index is 0.0940. The number of aromatic nitrogens is 4. The van der Waals surface area contributed by atoms with Crippen molar-refractivity contribution in [3.8, 4) is 0 Å². The van der Waals surface area contributed by atoms with Gasteiger partial charge in [-0.15, -0.1) is 5.10 Å². The number of nitrogens with zero attached hydrogens (tertiary/aromatic N) is 4. The standard InChI is InChI=1S/C15H22N4S/c1-10-7-11(2)13(12(3)8-10)9-20-14-16-17-18-19(14)15(4,5)6/h7-8H,9H2,1-6H3. The zero-order valence-corrected chi connectivity index (χ0v) is 13.9. The Morgan fingerprint density at radius 1 is 1.10 bits per heavy atom. The topological polar surface area (TPSA) is 43.6 Å². The summed E-state index contributed by atoms with van der Waals surface area (Å²) in [6.07, 6.45) is 0. The van der Waals surface area contributed by atoms with Gasteiger partial charge in [-0.3, -0.25) is 0 Å². The zero-order chi connectivity index (χ0) is 14.9. The fourth-order valence-corrected chi connectivity index (χ4v) is 3.52. The molecule has 2 rings (SSSR count). The number of thioether (sulfide) groups is 1. The summed E-state index contributed by atoms with van der Waals surface area (Å²) in [6.45, 7) is 12.8. The molecule has 0 N–H and O–H groups in total. The predicted molar refractivity (Wildman–Crippen MR) is 83.0 cm³/mol. The van der Waals surface area contributed by atoms with E-state index in [1.807, 2.05) is 4.68 Å². The Kier molecular flexibility index (Phi) is 4.18. The second-order valence-electron chi connectivity index (χ2n) is 6.21. The summed E-state index contributed by atoms with van der Waals surface area (Å²) in [5, 5.41) is 12.9. The Morgan fingerprint density at radius 3 is 2.25 bits per heavy atom. The van der Waals surface area contributed by atoms with Crippen molar-refractivity contribution in [2.75, 3.05) is 0 Å². The van der Waals surface area contributed by atoms with Crippen LogP contribution in [0, 0.1) is 20.8 Å². The van der Waals surface area contributed by atoms with Crippen molar-refractivity contribution >= 4 is 11.8 Å². The lowest BCUT2D eigenvalue weighted by molar-refractivity contribution is 0.321. The predicted octanol–water partition coefficient (Wildman–Crippen LogP) is 3.65. The molecular weight excluding hydrogens is 268 g/mol. The van der Waals surface area contributed by atoms with Gasteiger partial charge >= 0.3 is 0 Å². The van der Waals surface area contributed by atoms with Gasteiger partial charge in [0.25, 0.3) is 0 Å². The second kappa shape index (κ2) is 5.56. The molecule has 1 aromatic carbocycles. The molecule has 2 aromatic rings. The Bertz CT molecular complexity index is 588. The lowest BCUT2D eigenvalue weighted by Gasteiger charge is -2.19. The van der Waals surface area contributed by atoms with Crippen LogP contribution in [0.4, 0.5) is 0 Å². The van der Waals surface area contributed by atoms with Crippen molar-refractivity contribution < 1.29 is 0 Å². The van der Waals surface area contributed by atoms with Gasteiger partial charge in [0.1, 0.15) is 0 Å². The maximum absolute atomic E-state index is 4.14. The van der Waals surface area contributed by atoms with Crippen LogP contribution in [-0.4, -0.2) is 20.2 Å². The normalized spacial score (nSPS) is 11.9. The average Bonchev–Trinajstić information content (AvgIpc) is 2.75. The molecule has 0 aliphatic carbocycles.